The highest BCUT2D eigenvalue weighted by molar-refractivity contribution is 5.83. The maximum Gasteiger partial charge on any atom is 0.326 e. The van der Waals surface area contributed by atoms with Crippen molar-refractivity contribution in [1.82, 2.24) is 10.2 Å². The molecule has 1 aliphatic heterocycles. The van der Waals surface area contributed by atoms with E-state index in [4.69, 9.17) is 0 Å². The summed E-state index contributed by atoms with van der Waals surface area (Å²) >= 11 is 0. The van der Waals surface area contributed by atoms with Crippen molar-refractivity contribution in [2.45, 2.75) is 69.5 Å². The van der Waals surface area contributed by atoms with Crippen molar-refractivity contribution < 1.29 is 14.7 Å². The average Bonchev–Trinajstić information content (AvgIpc) is 3.21. The third-order valence-electron chi connectivity index (χ3n) is 4.80. The van der Waals surface area contributed by atoms with Gasteiger partial charge in [0.05, 0.1) is 0 Å². The number of urea groups is 1. The second kappa shape index (κ2) is 5.02. The number of likely N-dealkylation sites (tertiary alicyclic amines) is 1. The molecule has 3 fully saturated rings. The summed E-state index contributed by atoms with van der Waals surface area (Å²) in [7, 11) is 0. The SMILES string of the molecule is O=C(O)C1CCC2CCCCC2N1C(=O)NC1CC1. The predicted molar refractivity (Wildman–Crippen MR) is 69.8 cm³/mol. The lowest BCUT2D eigenvalue weighted by Crippen LogP contribution is -2.60. The fourth-order valence-electron chi connectivity index (χ4n) is 3.64. The summed E-state index contributed by atoms with van der Waals surface area (Å²) in [5.41, 5.74) is 0. The monoisotopic (exact) mass is 266 g/mol. The van der Waals surface area contributed by atoms with Crippen molar-refractivity contribution >= 4 is 12.0 Å². The first-order chi connectivity index (χ1) is 9.16. The highest BCUT2D eigenvalue weighted by Gasteiger charge is 2.44. The molecular formula is C14H22N2O3. The Morgan fingerprint density at radius 1 is 1.00 bits per heavy atom. The summed E-state index contributed by atoms with van der Waals surface area (Å²) in [5.74, 6) is -0.343. The van der Waals surface area contributed by atoms with Crippen LogP contribution < -0.4 is 5.32 Å². The van der Waals surface area contributed by atoms with Crippen molar-refractivity contribution in [3.63, 3.8) is 0 Å². The van der Waals surface area contributed by atoms with Crippen LogP contribution in [-0.2, 0) is 4.79 Å². The van der Waals surface area contributed by atoms with Crippen LogP contribution in [0.2, 0.25) is 0 Å². The van der Waals surface area contributed by atoms with E-state index >= 15 is 0 Å². The molecule has 1 saturated heterocycles. The first-order valence-corrected chi connectivity index (χ1v) is 7.48. The number of amides is 2. The van der Waals surface area contributed by atoms with E-state index in [1.54, 1.807) is 4.90 Å². The third-order valence-corrected chi connectivity index (χ3v) is 4.80. The Hall–Kier alpha value is -1.26. The van der Waals surface area contributed by atoms with Crippen LogP contribution in [0.4, 0.5) is 4.79 Å². The lowest BCUT2D eigenvalue weighted by Gasteiger charge is -2.47. The quantitative estimate of drug-likeness (QED) is 0.802. The van der Waals surface area contributed by atoms with Gasteiger partial charge in [-0.2, -0.15) is 0 Å². The van der Waals surface area contributed by atoms with Gasteiger partial charge in [0, 0.05) is 12.1 Å². The molecule has 5 nitrogen and oxygen atoms in total. The average molecular weight is 266 g/mol. The first-order valence-electron chi connectivity index (χ1n) is 7.48. The zero-order valence-electron chi connectivity index (χ0n) is 11.2. The number of carboxylic acid groups (broad SMARTS) is 1. The molecule has 106 valence electrons. The van der Waals surface area contributed by atoms with Gasteiger partial charge in [-0.1, -0.05) is 12.8 Å². The van der Waals surface area contributed by atoms with Crippen molar-refractivity contribution in [3.8, 4) is 0 Å². The number of nitrogens with zero attached hydrogens (tertiary/aromatic N) is 1. The van der Waals surface area contributed by atoms with E-state index in [1.165, 1.54) is 6.42 Å². The minimum Gasteiger partial charge on any atom is -0.480 e. The first kappa shape index (κ1) is 12.8. The van der Waals surface area contributed by atoms with Crippen LogP contribution in [-0.4, -0.2) is 40.1 Å². The number of hydrogen-bond acceptors (Lipinski definition) is 2. The normalized spacial score (nSPS) is 34.5. The smallest absolute Gasteiger partial charge is 0.326 e. The molecule has 0 spiro atoms. The van der Waals surface area contributed by atoms with E-state index in [2.05, 4.69) is 5.32 Å². The topological polar surface area (TPSA) is 69.6 Å². The second-order valence-electron chi connectivity index (χ2n) is 6.17. The summed E-state index contributed by atoms with van der Waals surface area (Å²) in [4.78, 5) is 25.5. The summed E-state index contributed by atoms with van der Waals surface area (Å²) < 4.78 is 0. The minimum atomic E-state index is -0.852. The Bertz CT molecular complexity index is 381. The number of carbonyl (C=O) groups is 2. The van der Waals surface area contributed by atoms with Gasteiger partial charge in [0.2, 0.25) is 0 Å². The number of rotatable bonds is 2. The molecule has 0 radical (unpaired) electrons. The number of carbonyl (C=O) groups excluding carboxylic acids is 1. The van der Waals surface area contributed by atoms with Crippen molar-refractivity contribution in [1.29, 1.82) is 0 Å². The lowest BCUT2D eigenvalue weighted by atomic mass is 9.76. The van der Waals surface area contributed by atoms with Crippen molar-refractivity contribution in [2.75, 3.05) is 0 Å². The van der Waals surface area contributed by atoms with Gasteiger partial charge in [-0.15, -0.1) is 0 Å². The van der Waals surface area contributed by atoms with Gasteiger partial charge in [-0.25, -0.2) is 9.59 Å². The van der Waals surface area contributed by atoms with Crippen LogP contribution in [0, 0.1) is 5.92 Å². The van der Waals surface area contributed by atoms with Gasteiger partial charge in [0.25, 0.3) is 0 Å². The number of hydrogen-bond donors (Lipinski definition) is 2. The van der Waals surface area contributed by atoms with E-state index in [0.29, 0.717) is 12.3 Å². The molecule has 3 aliphatic rings. The molecule has 5 heteroatoms. The number of aliphatic carboxylic acids is 1. The fourth-order valence-corrected chi connectivity index (χ4v) is 3.64. The zero-order chi connectivity index (χ0) is 13.4. The highest BCUT2D eigenvalue weighted by atomic mass is 16.4. The van der Waals surface area contributed by atoms with Gasteiger partial charge in [0.1, 0.15) is 6.04 Å². The van der Waals surface area contributed by atoms with Crippen LogP contribution in [0.15, 0.2) is 0 Å². The molecule has 0 aromatic rings. The highest BCUT2D eigenvalue weighted by Crippen LogP contribution is 2.38. The maximum absolute atomic E-state index is 12.4. The van der Waals surface area contributed by atoms with Crippen molar-refractivity contribution in [2.24, 2.45) is 5.92 Å². The van der Waals surface area contributed by atoms with Crippen LogP contribution in [0.1, 0.15) is 51.4 Å². The zero-order valence-corrected chi connectivity index (χ0v) is 11.2. The van der Waals surface area contributed by atoms with E-state index in [-0.39, 0.29) is 18.1 Å². The Kier molecular flexibility index (Phi) is 3.37. The fraction of sp³-hybridized carbons (Fsp3) is 0.857. The lowest BCUT2D eigenvalue weighted by molar-refractivity contribution is -0.145. The van der Waals surface area contributed by atoms with Crippen LogP contribution in [0.3, 0.4) is 0 Å². The molecule has 1 heterocycles. The molecule has 19 heavy (non-hydrogen) atoms. The Labute approximate surface area is 113 Å². The largest absolute Gasteiger partial charge is 0.480 e. The molecular weight excluding hydrogens is 244 g/mol. The number of fused-ring (bicyclic) bond motifs is 1. The van der Waals surface area contributed by atoms with Gasteiger partial charge in [0.15, 0.2) is 0 Å². The predicted octanol–water partition coefficient (Wildman–Crippen LogP) is 1.97. The van der Waals surface area contributed by atoms with Crippen LogP contribution >= 0.6 is 0 Å². The Morgan fingerprint density at radius 3 is 2.42 bits per heavy atom. The molecule has 2 N–H and O–H groups in total. The van der Waals surface area contributed by atoms with E-state index in [1.807, 2.05) is 0 Å². The summed E-state index contributed by atoms with van der Waals surface area (Å²) in [6.45, 7) is 0. The van der Waals surface area contributed by atoms with E-state index < -0.39 is 12.0 Å². The molecule has 3 rings (SSSR count). The Morgan fingerprint density at radius 2 is 1.74 bits per heavy atom. The van der Waals surface area contributed by atoms with Crippen molar-refractivity contribution in [3.05, 3.63) is 0 Å². The molecule has 3 unspecified atom stereocenters. The minimum absolute atomic E-state index is 0.141. The molecule has 3 atom stereocenters. The van der Waals surface area contributed by atoms with Crippen LogP contribution in [0.25, 0.3) is 0 Å². The van der Waals surface area contributed by atoms with Crippen LogP contribution in [0.5, 0.6) is 0 Å². The summed E-state index contributed by atoms with van der Waals surface area (Å²) in [6, 6.07) is -0.349. The molecule has 2 aliphatic carbocycles. The Balaban J connectivity index is 1.78. The summed E-state index contributed by atoms with van der Waals surface area (Å²) in [6.07, 6.45) is 8.06. The molecule has 0 aromatic carbocycles. The molecule has 2 amide bonds. The second-order valence-corrected chi connectivity index (χ2v) is 6.17. The maximum atomic E-state index is 12.4. The van der Waals surface area contributed by atoms with Gasteiger partial charge < -0.3 is 15.3 Å². The molecule has 2 saturated carbocycles. The number of piperidine rings is 1. The number of carboxylic acids is 1. The van der Waals surface area contributed by atoms with Gasteiger partial charge >= 0.3 is 12.0 Å². The van der Waals surface area contributed by atoms with E-state index in [9.17, 15) is 14.7 Å². The van der Waals surface area contributed by atoms with Gasteiger partial charge in [-0.05, 0) is 44.4 Å². The van der Waals surface area contributed by atoms with Gasteiger partial charge in [-0.3, -0.25) is 0 Å². The van der Waals surface area contributed by atoms with E-state index in [0.717, 1.165) is 38.5 Å². The molecule has 0 bridgehead atoms. The third kappa shape index (κ3) is 2.55. The number of nitrogens with one attached hydrogen (secondary N) is 1. The summed E-state index contributed by atoms with van der Waals surface area (Å²) in [5, 5.41) is 12.3. The standard InChI is InChI=1S/C14H22N2O3/c17-13(18)12-8-5-9-3-1-2-4-11(9)16(12)14(19)15-10-6-7-10/h9-12H,1-8H2,(H,15,19)(H,17,18). The molecule has 0 aromatic heterocycles.